The summed E-state index contributed by atoms with van der Waals surface area (Å²) in [7, 11) is 0. The fraction of sp³-hybridized carbons (Fsp3) is 0.500. The zero-order chi connectivity index (χ0) is 15.9. The second-order valence-corrected chi connectivity index (χ2v) is 5.89. The molecule has 122 valence electrons. The molecule has 0 unspecified atom stereocenters. The number of hydrogen-bond donors (Lipinski definition) is 1. The van der Waals surface area contributed by atoms with Crippen molar-refractivity contribution < 1.29 is 4.79 Å². The monoisotopic (exact) mass is 314 g/mol. The van der Waals surface area contributed by atoms with E-state index in [4.69, 9.17) is 0 Å². The second kappa shape index (κ2) is 7.82. The van der Waals surface area contributed by atoms with E-state index in [2.05, 4.69) is 43.9 Å². The number of rotatable bonds is 6. The fourth-order valence-corrected chi connectivity index (χ4v) is 2.89. The Balaban J connectivity index is 1.55. The van der Waals surface area contributed by atoms with E-state index < -0.39 is 0 Å². The highest BCUT2D eigenvalue weighted by Gasteiger charge is 2.13. The minimum atomic E-state index is -0.0925. The highest BCUT2D eigenvalue weighted by atomic mass is 16.2. The van der Waals surface area contributed by atoms with Crippen LogP contribution >= 0.6 is 0 Å². The van der Waals surface area contributed by atoms with Crippen LogP contribution in [-0.2, 0) is 24.4 Å². The minimum Gasteiger partial charge on any atom is -0.350 e. The first-order valence-corrected chi connectivity index (χ1v) is 8.08. The first-order valence-electron chi connectivity index (χ1n) is 8.08. The largest absolute Gasteiger partial charge is 0.350 e. The van der Waals surface area contributed by atoms with Crippen LogP contribution in [0.4, 0.5) is 0 Å². The molecule has 3 rings (SSSR count). The molecule has 2 heterocycles. The predicted octanol–water partition coefficient (Wildman–Crippen LogP) is 0.975. The van der Waals surface area contributed by atoms with Gasteiger partial charge in [0.15, 0.2) is 0 Å². The molecule has 0 aliphatic carbocycles. The third kappa shape index (κ3) is 4.59. The summed E-state index contributed by atoms with van der Waals surface area (Å²) in [6.45, 7) is 3.96. The first-order chi connectivity index (χ1) is 11.3. The number of tetrazole rings is 1. The summed E-state index contributed by atoms with van der Waals surface area (Å²) < 4.78 is 1.41. The molecule has 1 N–H and O–H groups in total. The van der Waals surface area contributed by atoms with Crippen molar-refractivity contribution in [2.24, 2.45) is 0 Å². The normalized spacial score (nSPS) is 15.5. The molecule has 0 spiro atoms. The Morgan fingerprint density at radius 3 is 2.65 bits per heavy atom. The molecule has 1 saturated heterocycles. The van der Waals surface area contributed by atoms with Crippen molar-refractivity contribution in [3.8, 4) is 0 Å². The molecule has 1 amide bonds. The molecule has 0 atom stereocenters. The number of likely N-dealkylation sites (tertiary alicyclic amines) is 1. The SMILES string of the molecule is O=C(Cn1cnnn1)NCc1ccccc1CN1CCCCC1. The van der Waals surface area contributed by atoms with Crippen molar-refractivity contribution in [1.82, 2.24) is 30.4 Å². The summed E-state index contributed by atoms with van der Waals surface area (Å²) in [4.78, 5) is 14.4. The van der Waals surface area contributed by atoms with Crippen molar-refractivity contribution >= 4 is 5.91 Å². The summed E-state index contributed by atoms with van der Waals surface area (Å²) in [6.07, 6.45) is 5.34. The van der Waals surface area contributed by atoms with Crippen molar-refractivity contribution in [3.63, 3.8) is 0 Å². The van der Waals surface area contributed by atoms with Gasteiger partial charge >= 0.3 is 0 Å². The lowest BCUT2D eigenvalue weighted by Gasteiger charge is -2.27. The molecular formula is C16H22N6O. The molecule has 7 nitrogen and oxygen atoms in total. The van der Waals surface area contributed by atoms with Gasteiger partial charge in [0.05, 0.1) is 0 Å². The van der Waals surface area contributed by atoms with Gasteiger partial charge in [-0.15, -0.1) is 5.10 Å². The molecule has 1 aromatic heterocycles. The third-order valence-electron chi connectivity index (χ3n) is 4.13. The van der Waals surface area contributed by atoms with Crippen molar-refractivity contribution in [2.75, 3.05) is 13.1 Å². The summed E-state index contributed by atoms with van der Waals surface area (Å²) in [5.74, 6) is -0.0925. The minimum absolute atomic E-state index is 0.0925. The van der Waals surface area contributed by atoms with E-state index in [0.717, 1.165) is 6.54 Å². The lowest BCUT2D eigenvalue weighted by atomic mass is 10.0. The Morgan fingerprint density at radius 2 is 1.91 bits per heavy atom. The van der Waals surface area contributed by atoms with Gasteiger partial charge in [0, 0.05) is 13.1 Å². The summed E-state index contributed by atoms with van der Waals surface area (Å²) >= 11 is 0. The van der Waals surface area contributed by atoms with E-state index in [1.54, 1.807) is 0 Å². The Morgan fingerprint density at radius 1 is 1.13 bits per heavy atom. The Bertz CT molecular complexity index is 621. The molecule has 1 aliphatic heterocycles. The maximum atomic E-state index is 11.9. The number of benzene rings is 1. The highest BCUT2D eigenvalue weighted by molar-refractivity contribution is 5.75. The number of carbonyl (C=O) groups is 1. The van der Waals surface area contributed by atoms with Crippen LogP contribution in [0.5, 0.6) is 0 Å². The van der Waals surface area contributed by atoms with Crippen LogP contribution in [-0.4, -0.2) is 44.1 Å². The molecule has 23 heavy (non-hydrogen) atoms. The average Bonchev–Trinajstić information content (AvgIpc) is 3.08. The topological polar surface area (TPSA) is 75.9 Å². The van der Waals surface area contributed by atoms with Crippen LogP contribution < -0.4 is 5.32 Å². The molecule has 1 aromatic carbocycles. The van der Waals surface area contributed by atoms with Crippen molar-refractivity contribution in [1.29, 1.82) is 0 Å². The van der Waals surface area contributed by atoms with Crippen LogP contribution in [0, 0.1) is 0 Å². The molecule has 1 aliphatic rings. The number of amides is 1. The van der Waals surface area contributed by atoms with Crippen LogP contribution in [0.1, 0.15) is 30.4 Å². The van der Waals surface area contributed by atoms with E-state index >= 15 is 0 Å². The van der Waals surface area contributed by atoms with Gasteiger partial charge in [-0.05, 0) is 47.5 Å². The van der Waals surface area contributed by atoms with Crippen molar-refractivity contribution in [3.05, 3.63) is 41.7 Å². The fourth-order valence-electron chi connectivity index (χ4n) is 2.89. The van der Waals surface area contributed by atoms with Crippen LogP contribution in [0.2, 0.25) is 0 Å². The molecule has 0 bridgehead atoms. The summed E-state index contributed by atoms with van der Waals surface area (Å²) in [5.41, 5.74) is 2.46. The third-order valence-corrected chi connectivity index (χ3v) is 4.13. The number of hydrogen-bond acceptors (Lipinski definition) is 5. The summed E-state index contributed by atoms with van der Waals surface area (Å²) in [5, 5.41) is 13.7. The quantitative estimate of drug-likeness (QED) is 0.860. The molecule has 0 saturated carbocycles. The Labute approximate surface area is 135 Å². The van der Waals surface area contributed by atoms with E-state index in [1.165, 1.54) is 54.5 Å². The number of aromatic nitrogens is 4. The Hall–Kier alpha value is -2.28. The van der Waals surface area contributed by atoms with E-state index in [-0.39, 0.29) is 12.5 Å². The smallest absolute Gasteiger partial charge is 0.242 e. The average molecular weight is 314 g/mol. The number of carbonyl (C=O) groups excluding carboxylic acids is 1. The van der Waals surface area contributed by atoms with Crippen LogP contribution in [0.25, 0.3) is 0 Å². The standard InChI is InChI=1S/C16H22N6O/c23-16(12-22-13-18-19-20-22)17-10-14-6-2-3-7-15(14)11-21-8-4-1-5-9-21/h2-3,6-7,13H,1,4-5,8-12H2,(H,17,23). The van der Waals surface area contributed by atoms with Gasteiger partial charge in [0.25, 0.3) is 0 Å². The maximum absolute atomic E-state index is 11.9. The maximum Gasteiger partial charge on any atom is 0.242 e. The van der Waals surface area contributed by atoms with Gasteiger partial charge in [-0.1, -0.05) is 30.7 Å². The summed E-state index contributed by atoms with van der Waals surface area (Å²) in [6, 6.07) is 8.31. The van der Waals surface area contributed by atoms with Crippen LogP contribution in [0.3, 0.4) is 0 Å². The van der Waals surface area contributed by atoms with Gasteiger partial charge < -0.3 is 5.32 Å². The molecular weight excluding hydrogens is 292 g/mol. The van der Waals surface area contributed by atoms with E-state index in [0.29, 0.717) is 6.54 Å². The number of nitrogens with zero attached hydrogens (tertiary/aromatic N) is 5. The lowest BCUT2D eigenvalue weighted by Crippen LogP contribution is -2.31. The van der Waals surface area contributed by atoms with Crippen molar-refractivity contribution in [2.45, 2.75) is 38.9 Å². The van der Waals surface area contributed by atoms with Gasteiger partial charge in [0.2, 0.25) is 5.91 Å². The molecule has 1 fully saturated rings. The highest BCUT2D eigenvalue weighted by Crippen LogP contribution is 2.16. The van der Waals surface area contributed by atoms with Gasteiger partial charge in [0.1, 0.15) is 12.9 Å². The van der Waals surface area contributed by atoms with Gasteiger partial charge in [-0.25, -0.2) is 4.68 Å². The second-order valence-electron chi connectivity index (χ2n) is 5.89. The van der Waals surface area contributed by atoms with E-state index in [1.807, 2.05) is 6.07 Å². The molecule has 7 heteroatoms. The van der Waals surface area contributed by atoms with E-state index in [9.17, 15) is 4.79 Å². The van der Waals surface area contributed by atoms with Gasteiger partial charge in [-0.2, -0.15) is 0 Å². The number of nitrogens with one attached hydrogen (secondary N) is 1. The molecule has 0 radical (unpaired) electrons. The first kappa shape index (κ1) is 15.6. The predicted molar refractivity (Wildman–Crippen MR) is 85.2 cm³/mol. The van der Waals surface area contributed by atoms with Gasteiger partial charge in [-0.3, -0.25) is 9.69 Å². The number of piperidine rings is 1. The zero-order valence-electron chi connectivity index (χ0n) is 13.2. The van der Waals surface area contributed by atoms with Crippen LogP contribution in [0.15, 0.2) is 30.6 Å². The zero-order valence-corrected chi connectivity index (χ0v) is 13.2. The molecule has 2 aromatic rings. The lowest BCUT2D eigenvalue weighted by molar-refractivity contribution is -0.122. The Kier molecular flexibility index (Phi) is 5.31.